The first kappa shape index (κ1) is 26.7. The van der Waals surface area contributed by atoms with Crippen LogP contribution in [-0.2, 0) is 9.59 Å². The van der Waals surface area contributed by atoms with Crippen LogP contribution in [0, 0.1) is 16.7 Å². The Labute approximate surface area is 201 Å². The molecule has 4 aliphatic rings. The Bertz CT molecular complexity index is 908. The van der Waals surface area contributed by atoms with Gasteiger partial charge in [-0.1, -0.05) is 6.92 Å². The molecule has 1 aliphatic heterocycles. The second kappa shape index (κ2) is 10.8. The Hall–Kier alpha value is -2.87. The summed E-state index contributed by atoms with van der Waals surface area (Å²) in [6.07, 6.45) is 0.472. The van der Waals surface area contributed by atoms with Gasteiger partial charge >= 0.3 is 6.36 Å². The topological polar surface area (TPSA) is 94.5 Å². The SMILES string of the molecule is CCNC12CCC(C(=O)Nc3ccc(OC(F)(F)F)cc3)(CC1)CC2.N#CC1CC(F)CN1C=O. The number of amides is 2. The van der Waals surface area contributed by atoms with E-state index in [1.165, 1.54) is 29.2 Å². The number of rotatable bonds is 6. The van der Waals surface area contributed by atoms with E-state index in [0.717, 1.165) is 45.1 Å². The molecule has 35 heavy (non-hydrogen) atoms. The number of benzene rings is 1. The maximum Gasteiger partial charge on any atom is 0.573 e. The number of hydrogen-bond acceptors (Lipinski definition) is 5. The number of carbonyl (C=O) groups is 2. The first-order valence-electron chi connectivity index (χ1n) is 11.7. The van der Waals surface area contributed by atoms with E-state index in [-0.39, 0.29) is 35.6 Å². The third-order valence-electron chi connectivity index (χ3n) is 7.20. The number of anilines is 1. The van der Waals surface area contributed by atoms with Crippen LogP contribution in [0.15, 0.2) is 24.3 Å². The van der Waals surface area contributed by atoms with E-state index in [1.54, 1.807) is 0 Å². The molecule has 2 amide bonds. The molecule has 11 heteroatoms. The zero-order valence-corrected chi connectivity index (χ0v) is 19.5. The van der Waals surface area contributed by atoms with Gasteiger partial charge in [-0.25, -0.2) is 4.39 Å². The van der Waals surface area contributed by atoms with Gasteiger partial charge in [0.15, 0.2) is 0 Å². The minimum atomic E-state index is -4.72. The second-order valence-electron chi connectivity index (χ2n) is 9.40. The van der Waals surface area contributed by atoms with Gasteiger partial charge in [0.25, 0.3) is 0 Å². The third-order valence-corrected chi connectivity index (χ3v) is 7.20. The number of nitriles is 1. The van der Waals surface area contributed by atoms with Gasteiger partial charge in [0, 0.05) is 23.1 Å². The predicted molar refractivity (Wildman–Crippen MR) is 120 cm³/mol. The number of fused-ring (bicyclic) bond motifs is 3. The minimum Gasteiger partial charge on any atom is -0.406 e. The van der Waals surface area contributed by atoms with Gasteiger partial charge in [-0.05, 0) is 69.3 Å². The number of carbonyl (C=O) groups excluding carboxylic acids is 2. The first-order valence-corrected chi connectivity index (χ1v) is 11.7. The molecule has 1 aromatic carbocycles. The number of halogens is 4. The Balaban J connectivity index is 0.000000287. The normalized spacial score (nSPS) is 29.5. The summed E-state index contributed by atoms with van der Waals surface area (Å²) in [6, 6.07) is 6.58. The van der Waals surface area contributed by atoms with Crippen LogP contribution < -0.4 is 15.4 Å². The second-order valence-corrected chi connectivity index (χ2v) is 9.40. The molecular weight excluding hydrogens is 468 g/mol. The van der Waals surface area contributed by atoms with Gasteiger partial charge in [-0.3, -0.25) is 9.59 Å². The highest BCUT2D eigenvalue weighted by Gasteiger charge is 2.51. The zero-order chi connectivity index (χ0) is 25.7. The van der Waals surface area contributed by atoms with E-state index in [4.69, 9.17) is 5.26 Å². The Kier molecular flexibility index (Phi) is 8.26. The van der Waals surface area contributed by atoms with Crippen molar-refractivity contribution in [2.45, 2.75) is 76.0 Å². The fourth-order valence-corrected chi connectivity index (χ4v) is 5.22. The monoisotopic (exact) mass is 498 g/mol. The van der Waals surface area contributed by atoms with Crippen LogP contribution in [0.3, 0.4) is 0 Å². The average molecular weight is 499 g/mol. The first-order chi connectivity index (χ1) is 16.5. The van der Waals surface area contributed by atoms with Crippen LogP contribution in [0.25, 0.3) is 0 Å². The lowest BCUT2D eigenvalue weighted by molar-refractivity contribution is -0.274. The van der Waals surface area contributed by atoms with Crippen LogP contribution in [0.4, 0.5) is 23.2 Å². The highest BCUT2D eigenvalue weighted by molar-refractivity contribution is 5.95. The van der Waals surface area contributed by atoms with Crippen LogP contribution in [0.2, 0.25) is 0 Å². The lowest BCUT2D eigenvalue weighted by Gasteiger charge is -2.52. The smallest absolute Gasteiger partial charge is 0.406 e. The highest BCUT2D eigenvalue weighted by atomic mass is 19.4. The fraction of sp³-hybridized carbons (Fsp3) is 0.625. The van der Waals surface area contributed by atoms with Crippen molar-refractivity contribution in [3.63, 3.8) is 0 Å². The number of ether oxygens (including phenoxy) is 1. The van der Waals surface area contributed by atoms with E-state index in [1.807, 2.05) is 6.07 Å². The van der Waals surface area contributed by atoms with Crippen molar-refractivity contribution in [3.8, 4) is 11.8 Å². The summed E-state index contributed by atoms with van der Waals surface area (Å²) < 4.78 is 52.8. The van der Waals surface area contributed by atoms with Crippen molar-refractivity contribution in [2.24, 2.45) is 5.41 Å². The van der Waals surface area contributed by atoms with Crippen LogP contribution in [-0.4, -0.2) is 54.4 Å². The zero-order valence-electron chi connectivity index (χ0n) is 19.5. The maximum atomic E-state index is 12.8. The number of likely N-dealkylation sites (tertiary alicyclic amines) is 1. The lowest BCUT2D eigenvalue weighted by Crippen LogP contribution is -2.57. The molecule has 7 nitrogen and oxygen atoms in total. The van der Waals surface area contributed by atoms with E-state index in [0.29, 0.717) is 12.1 Å². The summed E-state index contributed by atoms with van der Waals surface area (Å²) in [5, 5.41) is 14.8. The molecule has 2 N–H and O–H groups in total. The number of nitrogens with zero attached hydrogens (tertiary/aromatic N) is 2. The van der Waals surface area contributed by atoms with Gasteiger partial charge in [0.05, 0.1) is 12.6 Å². The van der Waals surface area contributed by atoms with Crippen molar-refractivity contribution >= 4 is 18.0 Å². The Morgan fingerprint density at radius 3 is 2.26 bits per heavy atom. The van der Waals surface area contributed by atoms with Crippen molar-refractivity contribution in [1.82, 2.24) is 10.2 Å². The number of hydrogen-bond donors (Lipinski definition) is 2. The number of alkyl halides is 4. The molecule has 2 unspecified atom stereocenters. The lowest BCUT2D eigenvalue weighted by atomic mass is 9.57. The molecule has 2 atom stereocenters. The molecule has 0 spiro atoms. The summed E-state index contributed by atoms with van der Waals surface area (Å²) in [6.45, 7) is 3.11. The molecule has 3 aliphatic carbocycles. The summed E-state index contributed by atoms with van der Waals surface area (Å²) in [7, 11) is 0. The molecule has 3 saturated carbocycles. The summed E-state index contributed by atoms with van der Waals surface area (Å²) in [4.78, 5) is 24.1. The van der Waals surface area contributed by atoms with Crippen molar-refractivity contribution in [2.75, 3.05) is 18.4 Å². The molecule has 0 radical (unpaired) electrons. The molecule has 1 heterocycles. The van der Waals surface area contributed by atoms with E-state index in [9.17, 15) is 27.2 Å². The molecule has 5 rings (SSSR count). The van der Waals surface area contributed by atoms with E-state index >= 15 is 0 Å². The van der Waals surface area contributed by atoms with Gasteiger partial charge in [-0.2, -0.15) is 5.26 Å². The van der Waals surface area contributed by atoms with Crippen molar-refractivity contribution in [3.05, 3.63) is 24.3 Å². The van der Waals surface area contributed by atoms with Crippen molar-refractivity contribution in [1.29, 1.82) is 5.26 Å². The van der Waals surface area contributed by atoms with Gasteiger partial charge in [-0.15, -0.1) is 13.2 Å². The van der Waals surface area contributed by atoms with Gasteiger partial charge < -0.3 is 20.3 Å². The van der Waals surface area contributed by atoms with Gasteiger partial charge in [0.1, 0.15) is 18.0 Å². The van der Waals surface area contributed by atoms with Crippen LogP contribution in [0.1, 0.15) is 51.9 Å². The van der Waals surface area contributed by atoms with Crippen LogP contribution in [0.5, 0.6) is 5.75 Å². The van der Waals surface area contributed by atoms with E-state index in [2.05, 4.69) is 22.3 Å². The number of nitrogens with one attached hydrogen (secondary N) is 2. The summed E-state index contributed by atoms with van der Waals surface area (Å²) >= 11 is 0. The predicted octanol–water partition coefficient (Wildman–Crippen LogP) is 4.30. The average Bonchev–Trinajstić information content (AvgIpc) is 3.21. The third kappa shape index (κ3) is 6.63. The maximum absolute atomic E-state index is 12.8. The summed E-state index contributed by atoms with van der Waals surface area (Å²) in [5.74, 6) is -0.323. The molecular formula is C24H30F4N4O3. The minimum absolute atomic E-state index is 0.0261. The van der Waals surface area contributed by atoms with Gasteiger partial charge in [0.2, 0.25) is 12.3 Å². The molecule has 192 valence electrons. The largest absolute Gasteiger partial charge is 0.573 e. The molecule has 4 fully saturated rings. The van der Waals surface area contributed by atoms with Crippen LogP contribution >= 0.6 is 0 Å². The standard InChI is InChI=1S/C18H23F3N2O2.C6H7FN2O/c1-2-22-17-10-7-16(8-11-17,9-12-17)15(24)23-13-3-5-14(6-4-13)25-18(19,20)21;7-5-1-6(2-8)9(3-5)4-10/h3-6,22H,2,7-12H2,1H3,(H,23,24);4-6H,1,3H2. The fourth-order valence-electron chi connectivity index (χ4n) is 5.22. The molecule has 0 aromatic heterocycles. The van der Waals surface area contributed by atoms with E-state index < -0.39 is 18.6 Å². The Morgan fingerprint density at radius 1 is 1.20 bits per heavy atom. The Morgan fingerprint density at radius 2 is 1.80 bits per heavy atom. The van der Waals surface area contributed by atoms with Crippen molar-refractivity contribution < 1.29 is 31.9 Å². The highest BCUT2D eigenvalue weighted by Crippen LogP contribution is 2.52. The molecule has 1 aromatic rings. The summed E-state index contributed by atoms with van der Waals surface area (Å²) in [5.41, 5.74) is 0.328. The molecule has 1 saturated heterocycles. The quantitative estimate of drug-likeness (QED) is 0.451. The molecule has 2 bridgehead atoms.